The Morgan fingerprint density at radius 1 is 0.939 bits per heavy atom. The fraction of sp³-hybridized carbons (Fsp3) is 0.192. The van der Waals surface area contributed by atoms with Crippen LogP contribution in [0.25, 0.3) is 0 Å². The summed E-state index contributed by atoms with van der Waals surface area (Å²) in [6.45, 7) is -0.00470. The summed E-state index contributed by atoms with van der Waals surface area (Å²) in [5.74, 6) is -1.25. The van der Waals surface area contributed by atoms with Gasteiger partial charge in [0.2, 0.25) is 5.91 Å². The number of benzene rings is 3. The minimum atomic E-state index is -0.946. The first-order valence-electron chi connectivity index (χ1n) is 10.7. The summed E-state index contributed by atoms with van der Waals surface area (Å²) in [5.41, 5.74) is 1.29. The van der Waals surface area contributed by atoms with Crippen molar-refractivity contribution >= 4 is 23.4 Å². The molecule has 4 rings (SSSR count). The smallest absolute Gasteiger partial charge is 0.261 e. The molecule has 3 amide bonds. The monoisotopic (exact) mass is 446 g/mol. The zero-order valence-electron chi connectivity index (χ0n) is 17.9. The van der Waals surface area contributed by atoms with E-state index < -0.39 is 23.7 Å². The average Bonchev–Trinajstić information content (AvgIpc) is 3.13. The van der Waals surface area contributed by atoms with E-state index >= 15 is 0 Å². The van der Waals surface area contributed by atoms with Crippen LogP contribution in [0.2, 0.25) is 0 Å². The van der Waals surface area contributed by atoms with Gasteiger partial charge in [-0.2, -0.15) is 0 Å². The van der Waals surface area contributed by atoms with Crippen molar-refractivity contribution in [3.05, 3.63) is 96.3 Å². The van der Waals surface area contributed by atoms with Gasteiger partial charge in [-0.25, -0.2) is 9.29 Å². The van der Waals surface area contributed by atoms with Crippen LogP contribution in [0, 0.1) is 5.82 Å². The summed E-state index contributed by atoms with van der Waals surface area (Å²) in [7, 11) is 0. The normalized spacial score (nSPS) is 15.5. The zero-order valence-corrected chi connectivity index (χ0v) is 17.9. The van der Waals surface area contributed by atoms with Crippen LogP contribution in [0.15, 0.2) is 84.9 Å². The number of rotatable bonds is 8. The molecule has 0 spiro atoms. The predicted octanol–water partition coefficient (Wildman–Crippen LogP) is 3.61. The van der Waals surface area contributed by atoms with Crippen LogP contribution in [0.5, 0.6) is 5.75 Å². The molecular formula is C26H23FN2O4. The number of carbonyl (C=O) groups excluding carboxylic acids is 3. The van der Waals surface area contributed by atoms with E-state index in [-0.39, 0.29) is 31.2 Å². The number of para-hydroxylation sites is 1. The number of imide groups is 1. The van der Waals surface area contributed by atoms with E-state index in [4.69, 9.17) is 4.74 Å². The highest BCUT2D eigenvalue weighted by molar-refractivity contribution is 6.23. The Labute approximate surface area is 191 Å². The Balaban J connectivity index is 1.53. The van der Waals surface area contributed by atoms with Gasteiger partial charge >= 0.3 is 0 Å². The molecule has 0 radical (unpaired) electrons. The number of nitrogens with zero attached hydrogens (tertiary/aromatic N) is 2. The highest BCUT2D eigenvalue weighted by Crippen LogP contribution is 2.26. The van der Waals surface area contributed by atoms with Gasteiger partial charge in [-0.1, -0.05) is 48.5 Å². The van der Waals surface area contributed by atoms with Crippen molar-refractivity contribution in [2.24, 2.45) is 0 Å². The second-order valence-corrected chi connectivity index (χ2v) is 7.69. The van der Waals surface area contributed by atoms with Crippen LogP contribution in [0.1, 0.15) is 12.0 Å². The lowest BCUT2D eigenvalue weighted by Crippen LogP contribution is -2.48. The van der Waals surface area contributed by atoms with E-state index in [0.29, 0.717) is 12.2 Å². The molecule has 0 aromatic heterocycles. The molecule has 1 unspecified atom stereocenters. The van der Waals surface area contributed by atoms with Crippen molar-refractivity contribution in [3.8, 4) is 5.75 Å². The number of carbonyl (C=O) groups is 3. The van der Waals surface area contributed by atoms with E-state index in [1.165, 1.54) is 29.2 Å². The molecule has 0 aliphatic carbocycles. The fourth-order valence-electron chi connectivity index (χ4n) is 3.81. The SMILES string of the molecule is O=C1CC(N(CCc2ccccc2)C(=O)COc2ccccc2)C(=O)N1c1ccc(F)cc1. The van der Waals surface area contributed by atoms with E-state index in [1.54, 1.807) is 24.3 Å². The van der Waals surface area contributed by atoms with E-state index in [2.05, 4.69) is 0 Å². The minimum absolute atomic E-state index is 0.137. The maximum absolute atomic E-state index is 13.3. The van der Waals surface area contributed by atoms with Crippen molar-refractivity contribution in [3.63, 3.8) is 0 Å². The molecule has 1 aliphatic rings. The Morgan fingerprint density at radius 3 is 2.24 bits per heavy atom. The molecule has 1 fully saturated rings. The minimum Gasteiger partial charge on any atom is -0.484 e. The van der Waals surface area contributed by atoms with Gasteiger partial charge in [0.15, 0.2) is 6.61 Å². The van der Waals surface area contributed by atoms with Crippen LogP contribution >= 0.6 is 0 Å². The van der Waals surface area contributed by atoms with Gasteiger partial charge in [0.25, 0.3) is 11.8 Å². The third-order valence-corrected chi connectivity index (χ3v) is 5.49. The van der Waals surface area contributed by atoms with Crippen LogP contribution in [0.3, 0.4) is 0 Å². The molecule has 3 aromatic rings. The molecular weight excluding hydrogens is 423 g/mol. The number of hydrogen-bond donors (Lipinski definition) is 0. The van der Waals surface area contributed by atoms with Crippen molar-refractivity contribution in [2.45, 2.75) is 18.9 Å². The maximum atomic E-state index is 13.3. The highest BCUT2D eigenvalue weighted by Gasteiger charge is 2.44. The third-order valence-electron chi connectivity index (χ3n) is 5.49. The van der Waals surface area contributed by atoms with Crippen molar-refractivity contribution < 1.29 is 23.5 Å². The highest BCUT2D eigenvalue weighted by atomic mass is 19.1. The number of ether oxygens (including phenoxy) is 1. The number of anilines is 1. The molecule has 7 heteroatoms. The van der Waals surface area contributed by atoms with Gasteiger partial charge < -0.3 is 9.64 Å². The second-order valence-electron chi connectivity index (χ2n) is 7.69. The van der Waals surface area contributed by atoms with Gasteiger partial charge in [0.05, 0.1) is 12.1 Å². The summed E-state index contributed by atoms with van der Waals surface area (Å²) in [4.78, 5) is 41.5. The third kappa shape index (κ3) is 5.26. The summed E-state index contributed by atoms with van der Waals surface area (Å²) >= 11 is 0. The number of hydrogen-bond acceptors (Lipinski definition) is 4. The standard InChI is InChI=1S/C26H23FN2O4/c27-20-11-13-21(14-12-20)29-24(30)17-23(26(29)32)28(16-15-19-7-3-1-4-8-19)25(31)18-33-22-9-5-2-6-10-22/h1-14,23H,15-18H2. The molecule has 1 atom stereocenters. The van der Waals surface area contributed by atoms with Crippen molar-refractivity contribution in [2.75, 3.05) is 18.1 Å². The Morgan fingerprint density at radius 2 is 1.58 bits per heavy atom. The lowest BCUT2D eigenvalue weighted by Gasteiger charge is -2.28. The van der Waals surface area contributed by atoms with Gasteiger partial charge in [0.1, 0.15) is 17.6 Å². The lowest BCUT2D eigenvalue weighted by molar-refractivity contribution is -0.140. The molecule has 0 saturated carbocycles. The van der Waals surface area contributed by atoms with Crippen molar-refractivity contribution in [1.29, 1.82) is 0 Å². The number of amides is 3. The fourth-order valence-corrected chi connectivity index (χ4v) is 3.81. The maximum Gasteiger partial charge on any atom is 0.261 e. The first kappa shape index (κ1) is 22.2. The second kappa shape index (κ2) is 10.1. The molecule has 6 nitrogen and oxygen atoms in total. The van der Waals surface area contributed by atoms with Crippen LogP contribution in [0.4, 0.5) is 10.1 Å². The first-order chi connectivity index (χ1) is 16.0. The van der Waals surface area contributed by atoms with Gasteiger partial charge in [0, 0.05) is 6.54 Å². The topological polar surface area (TPSA) is 66.9 Å². The summed E-state index contributed by atoms with van der Waals surface area (Å²) < 4.78 is 18.9. The molecule has 1 saturated heterocycles. The molecule has 168 valence electrons. The van der Waals surface area contributed by atoms with E-state index in [0.717, 1.165) is 10.5 Å². The first-order valence-corrected chi connectivity index (χ1v) is 10.7. The summed E-state index contributed by atoms with van der Waals surface area (Å²) in [5, 5.41) is 0. The van der Waals surface area contributed by atoms with Gasteiger partial charge in [-0.05, 0) is 48.4 Å². The summed E-state index contributed by atoms with van der Waals surface area (Å²) in [6.07, 6.45) is 0.383. The lowest BCUT2D eigenvalue weighted by atomic mass is 10.1. The Kier molecular flexibility index (Phi) is 6.78. The number of halogens is 1. The Bertz CT molecular complexity index is 1120. The summed E-state index contributed by atoms with van der Waals surface area (Å²) in [6, 6.07) is 22.7. The predicted molar refractivity (Wildman–Crippen MR) is 121 cm³/mol. The van der Waals surface area contributed by atoms with E-state index in [1.807, 2.05) is 36.4 Å². The molecule has 0 N–H and O–H groups in total. The molecule has 0 bridgehead atoms. The molecule has 3 aromatic carbocycles. The van der Waals surface area contributed by atoms with E-state index in [9.17, 15) is 18.8 Å². The quantitative estimate of drug-likeness (QED) is 0.496. The van der Waals surface area contributed by atoms with Gasteiger partial charge in [-0.3, -0.25) is 14.4 Å². The molecule has 33 heavy (non-hydrogen) atoms. The largest absolute Gasteiger partial charge is 0.484 e. The average molecular weight is 446 g/mol. The molecule has 1 heterocycles. The van der Waals surface area contributed by atoms with Gasteiger partial charge in [-0.15, -0.1) is 0 Å². The zero-order chi connectivity index (χ0) is 23.2. The van der Waals surface area contributed by atoms with Crippen LogP contribution < -0.4 is 9.64 Å². The Hall–Kier alpha value is -4.00. The molecule has 1 aliphatic heterocycles. The van der Waals surface area contributed by atoms with Crippen LogP contribution in [-0.2, 0) is 20.8 Å². The van der Waals surface area contributed by atoms with Crippen LogP contribution in [-0.4, -0.2) is 41.8 Å². The van der Waals surface area contributed by atoms with Crippen molar-refractivity contribution in [1.82, 2.24) is 4.90 Å².